The van der Waals surface area contributed by atoms with E-state index in [-0.39, 0.29) is 24.6 Å². The number of benzene rings is 3. The molecule has 15 nitrogen and oxygen atoms in total. The number of amides is 3. The average molecular weight is 797 g/mol. The largest absolute Gasteiger partial charge is 0.494 e. The number of carbonyl (C=O) groups is 5. The number of para-hydroxylation sites is 1. The third-order valence-electron chi connectivity index (χ3n) is 8.83. The van der Waals surface area contributed by atoms with Crippen LogP contribution in [0, 0.1) is 0 Å². The third kappa shape index (κ3) is 11.4. The molecule has 3 amide bonds. The lowest BCUT2D eigenvalue weighted by atomic mass is 9.92. The fraction of sp³-hybridized carbons (Fsp3) is 0.395. The summed E-state index contributed by atoms with van der Waals surface area (Å²) >= 11 is 0. The van der Waals surface area contributed by atoms with E-state index in [0.717, 1.165) is 10.1 Å². The van der Waals surface area contributed by atoms with E-state index in [1.807, 2.05) is 49.4 Å². The van der Waals surface area contributed by atoms with Crippen LogP contribution in [0.3, 0.4) is 0 Å². The van der Waals surface area contributed by atoms with Gasteiger partial charge < -0.3 is 40.2 Å². The van der Waals surface area contributed by atoms with Crippen molar-refractivity contribution < 1.29 is 42.9 Å². The van der Waals surface area contributed by atoms with E-state index in [2.05, 4.69) is 15.6 Å². The predicted octanol–water partition coefficient (Wildman–Crippen LogP) is 4.69. The van der Waals surface area contributed by atoms with Gasteiger partial charge in [-0.3, -0.25) is 14.4 Å². The maximum atomic E-state index is 14.3. The molecule has 1 unspecified atom stereocenters. The summed E-state index contributed by atoms with van der Waals surface area (Å²) in [5.74, 6) is -1.02. The zero-order valence-electron chi connectivity index (χ0n) is 33.9. The lowest BCUT2D eigenvalue weighted by Crippen LogP contribution is -2.68. The molecule has 0 aliphatic carbocycles. The molecule has 0 saturated carbocycles. The Morgan fingerprint density at radius 2 is 1.43 bits per heavy atom. The number of imidazole rings is 1. The molecule has 5 rings (SSSR count). The van der Waals surface area contributed by atoms with Gasteiger partial charge in [0.1, 0.15) is 46.9 Å². The van der Waals surface area contributed by atoms with Crippen LogP contribution in [0.25, 0.3) is 0 Å². The van der Waals surface area contributed by atoms with Crippen molar-refractivity contribution in [3.05, 3.63) is 108 Å². The van der Waals surface area contributed by atoms with Crippen LogP contribution in [0.5, 0.6) is 17.2 Å². The summed E-state index contributed by atoms with van der Waals surface area (Å²) in [5, 5.41) is 5.48. The Morgan fingerprint density at radius 3 is 2.05 bits per heavy atom. The van der Waals surface area contributed by atoms with Crippen LogP contribution >= 0.6 is 0 Å². The highest BCUT2D eigenvalue weighted by molar-refractivity contribution is 6.08. The van der Waals surface area contributed by atoms with E-state index >= 15 is 0 Å². The highest BCUT2D eigenvalue weighted by Crippen LogP contribution is 2.25. The zero-order valence-corrected chi connectivity index (χ0v) is 33.9. The molecule has 58 heavy (non-hydrogen) atoms. The molecule has 3 atom stereocenters. The van der Waals surface area contributed by atoms with Crippen LogP contribution in [-0.4, -0.2) is 86.2 Å². The van der Waals surface area contributed by atoms with Crippen molar-refractivity contribution in [3.63, 3.8) is 0 Å². The molecule has 15 heteroatoms. The number of piperazine rings is 1. The summed E-state index contributed by atoms with van der Waals surface area (Å²) in [4.78, 5) is 74.1. The molecule has 0 bridgehead atoms. The van der Waals surface area contributed by atoms with E-state index < -0.39 is 65.7 Å². The number of hydrogen-bond acceptors (Lipinski definition) is 11. The number of hydrogen-bond donors (Lipinski definition) is 3. The monoisotopic (exact) mass is 796 g/mol. The van der Waals surface area contributed by atoms with Gasteiger partial charge in [0, 0.05) is 32.1 Å². The van der Waals surface area contributed by atoms with Gasteiger partial charge in [0.05, 0.1) is 12.3 Å². The van der Waals surface area contributed by atoms with Crippen LogP contribution in [0.1, 0.15) is 65.3 Å². The van der Waals surface area contributed by atoms with Crippen LogP contribution in [-0.2, 0) is 48.0 Å². The summed E-state index contributed by atoms with van der Waals surface area (Å²) in [5.41, 5.74) is 4.06. The maximum Gasteiger partial charge on any atom is 0.419 e. The fourth-order valence-electron chi connectivity index (χ4n) is 6.08. The van der Waals surface area contributed by atoms with Crippen molar-refractivity contribution in [2.75, 3.05) is 13.2 Å². The number of carbonyl (C=O) groups excluding carboxylic acids is 5. The predicted molar refractivity (Wildman–Crippen MR) is 214 cm³/mol. The molecule has 0 spiro atoms. The molecular weight excluding hydrogens is 745 g/mol. The van der Waals surface area contributed by atoms with Crippen LogP contribution in [0.4, 0.5) is 4.79 Å². The van der Waals surface area contributed by atoms with Crippen molar-refractivity contribution in [1.29, 1.82) is 0 Å². The second kappa shape index (κ2) is 17.9. The Kier molecular flexibility index (Phi) is 13.3. The molecule has 4 N–H and O–H groups in total. The molecule has 0 radical (unpaired) electrons. The fourth-order valence-corrected chi connectivity index (χ4v) is 6.08. The lowest BCUT2D eigenvalue weighted by molar-refractivity contribution is -0.164. The summed E-state index contributed by atoms with van der Waals surface area (Å²) in [6.45, 7) is 12.0. The number of nitrogens with two attached hydrogens (primary N) is 1. The van der Waals surface area contributed by atoms with Crippen LogP contribution in [0.15, 0.2) is 91.4 Å². The Bertz CT molecular complexity index is 2070. The van der Waals surface area contributed by atoms with Crippen LogP contribution < -0.4 is 25.8 Å². The molecule has 3 aromatic carbocycles. The first-order valence-electron chi connectivity index (χ1n) is 19.0. The normalized spacial score (nSPS) is 16.8. The molecule has 308 valence electrons. The van der Waals surface area contributed by atoms with E-state index in [9.17, 15) is 24.0 Å². The number of nitrogens with zero attached hydrogens (tertiary/aromatic N) is 3. The third-order valence-corrected chi connectivity index (χ3v) is 8.83. The van der Waals surface area contributed by atoms with Gasteiger partial charge in [-0.05, 0) is 96.0 Å². The van der Waals surface area contributed by atoms with Gasteiger partial charge in [-0.2, -0.15) is 0 Å². The quantitative estimate of drug-likeness (QED) is 0.118. The van der Waals surface area contributed by atoms with E-state index in [0.29, 0.717) is 29.4 Å². The van der Waals surface area contributed by atoms with Crippen molar-refractivity contribution in [2.24, 2.45) is 5.73 Å². The molecule has 1 aromatic heterocycles. The van der Waals surface area contributed by atoms with Gasteiger partial charge >= 0.3 is 12.1 Å². The summed E-state index contributed by atoms with van der Waals surface area (Å²) in [7, 11) is 0. The number of rotatable bonds is 14. The summed E-state index contributed by atoms with van der Waals surface area (Å²) < 4.78 is 23.5. The topological polar surface area (TPSA) is 193 Å². The summed E-state index contributed by atoms with van der Waals surface area (Å²) in [6, 6.07) is 21.5. The van der Waals surface area contributed by atoms with Gasteiger partial charge in [0.15, 0.2) is 5.54 Å². The minimum absolute atomic E-state index is 0.0140. The molecule has 1 aliphatic heterocycles. The molecule has 1 saturated heterocycles. The lowest BCUT2D eigenvalue weighted by Gasteiger charge is -2.39. The SMILES string of the molecule is CCOc1ccc(C[C@@H]2NC(=O)[C@H](CNC(=O)C(N)(Cc3cn(C(=O)OC(C)(C)C)cn3)C(=O)OC(C)(C)C)N(Cc3ccc(Oc4ccccc4)cc3)C2=O)cc1. The van der Waals surface area contributed by atoms with Gasteiger partial charge in [0.25, 0.3) is 5.91 Å². The Morgan fingerprint density at radius 1 is 0.828 bits per heavy atom. The Labute approximate surface area is 338 Å². The van der Waals surface area contributed by atoms with E-state index in [1.54, 1.807) is 77.9 Å². The highest BCUT2D eigenvalue weighted by Gasteiger charge is 2.47. The zero-order chi connectivity index (χ0) is 42.3. The van der Waals surface area contributed by atoms with Gasteiger partial charge in [-0.25, -0.2) is 19.1 Å². The number of nitrogens with one attached hydrogen (secondary N) is 2. The maximum absolute atomic E-state index is 14.3. The molecule has 2 heterocycles. The van der Waals surface area contributed by atoms with Crippen LogP contribution in [0.2, 0.25) is 0 Å². The minimum atomic E-state index is -2.36. The number of aromatic nitrogens is 2. The van der Waals surface area contributed by atoms with Crippen molar-refractivity contribution in [2.45, 2.75) is 96.7 Å². The van der Waals surface area contributed by atoms with Gasteiger partial charge in [-0.1, -0.05) is 42.5 Å². The second-order valence-corrected chi connectivity index (χ2v) is 16.0. The van der Waals surface area contributed by atoms with Gasteiger partial charge in [0.2, 0.25) is 11.8 Å². The standard InChI is InChI=1S/C43H52N6O9/c1-8-55-31-18-14-28(15-19-31)22-34-37(51)49(25-29-16-20-33(21-17-29)56-32-12-10-9-11-13-32)35(36(50)47-34)24-45-38(52)43(44,39(53)57-41(2,3)4)23-30-26-48(27-46-30)40(54)58-42(5,6)7/h9-21,26-27,34-35H,8,22-25,44H2,1-7H3,(H,45,52)(H,47,50)/t34-,35-,43?/m0/s1. The van der Waals surface area contributed by atoms with E-state index in [1.165, 1.54) is 17.4 Å². The summed E-state index contributed by atoms with van der Waals surface area (Å²) in [6.07, 6.45) is 1.52. The van der Waals surface area contributed by atoms with Crippen molar-refractivity contribution in [3.8, 4) is 17.2 Å². The first kappa shape index (κ1) is 42.9. The Balaban J connectivity index is 1.38. The number of ether oxygens (including phenoxy) is 4. The van der Waals surface area contributed by atoms with E-state index in [4.69, 9.17) is 24.7 Å². The molecule has 1 aliphatic rings. The molecular formula is C43H52N6O9. The van der Waals surface area contributed by atoms with Gasteiger partial charge in [-0.15, -0.1) is 0 Å². The van der Waals surface area contributed by atoms with Crippen molar-refractivity contribution in [1.82, 2.24) is 25.1 Å². The highest BCUT2D eigenvalue weighted by atomic mass is 16.6. The minimum Gasteiger partial charge on any atom is -0.494 e. The second-order valence-electron chi connectivity index (χ2n) is 16.0. The first-order chi connectivity index (χ1) is 27.3. The Hall–Kier alpha value is -6.22. The average Bonchev–Trinajstić information content (AvgIpc) is 3.62. The molecule has 1 fully saturated rings. The smallest absolute Gasteiger partial charge is 0.419 e. The first-order valence-corrected chi connectivity index (χ1v) is 19.0. The molecule has 4 aromatic rings. The van der Waals surface area contributed by atoms with Crippen molar-refractivity contribution >= 4 is 29.8 Å². The number of esters is 1.